The zero-order chi connectivity index (χ0) is 13.6. The van der Waals surface area contributed by atoms with Crippen LogP contribution in [0.5, 0.6) is 0 Å². The lowest BCUT2D eigenvalue weighted by Crippen LogP contribution is -1.95. The lowest BCUT2D eigenvalue weighted by molar-refractivity contribution is 0.948. The smallest absolute Gasteiger partial charge is 0.161 e. The Labute approximate surface area is 124 Å². The number of nitrogens with zero attached hydrogens (tertiary/aromatic N) is 3. The van der Waals surface area contributed by atoms with E-state index in [2.05, 4.69) is 38.0 Å². The molecule has 0 radical (unpaired) electrons. The van der Waals surface area contributed by atoms with Gasteiger partial charge in [-0.15, -0.1) is 0 Å². The summed E-state index contributed by atoms with van der Waals surface area (Å²) in [6, 6.07) is 7.77. The summed E-state index contributed by atoms with van der Waals surface area (Å²) >= 11 is 9.79. The second-order valence-corrected chi connectivity index (χ2v) is 5.70. The first-order valence-corrected chi connectivity index (χ1v) is 6.98. The van der Waals surface area contributed by atoms with Crippen molar-refractivity contribution >= 4 is 38.6 Å². The maximum absolute atomic E-state index is 6.20. The Hall–Kier alpha value is -1.39. The molecule has 0 saturated heterocycles. The Morgan fingerprint density at radius 1 is 1.32 bits per heavy atom. The van der Waals surface area contributed by atoms with Gasteiger partial charge in [0.1, 0.15) is 5.69 Å². The van der Waals surface area contributed by atoms with E-state index in [4.69, 9.17) is 11.6 Å². The number of hydrogen-bond acceptors (Lipinski definition) is 2. The molecule has 0 N–H and O–H groups in total. The van der Waals surface area contributed by atoms with Gasteiger partial charge in [-0.3, -0.25) is 4.98 Å². The number of rotatable bonds is 1. The lowest BCUT2D eigenvalue weighted by atomic mass is 10.2. The number of aryl methyl sites for hydroxylation is 2. The molecule has 0 fully saturated rings. The summed E-state index contributed by atoms with van der Waals surface area (Å²) in [4.78, 5) is 8.98. The highest BCUT2D eigenvalue weighted by atomic mass is 79.9. The van der Waals surface area contributed by atoms with Crippen LogP contribution in [-0.2, 0) is 7.05 Å². The zero-order valence-corrected chi connectivity index (χ0v) is 12.8. The van der Waals surface area contributed by atoms with Crippen molar-refractivity contribution < 1.29 is 0 Å². The van der Waals surface area contributed by atoms with E-state index < -0.39 is 0 Å². The molecule has 0 saturated carbocycles. The van der Waals surface area contributed by atoms with E-state index in [1.807, 2.05) is 30.7 Å². The molecule has 0 amide bonds. The molecule has 96 valence electrons. The maximum Gasteiger partial charge on any atom is 0.161 e. The van der Waals surface area contributed by atoms with E-state index in [-0.39, 0.29) is 0 Å². The molecular weight excluding hydrogens is 326 g/mol. The normalized spacial score (nSPS) is 11.2. The largest absolute Gasteiger partial charge is 0.325 e. The molecule has 2 heterocycles. The van der Waals surface area contributed by atoms with Crippen molar-refractivity contribution in [2.75, 3.05) is 0 Å². The standard InChI is InChI=1S/C14H11BrClN3/c1-8-6-9(15)13-11(7-8)18-14(19(13)2)12-10(16)4-3-5-17-12/h3-7H,1-2H3. The van der Waals surface area contributed by atoms with Crippen LogP contribution in [0.1, 0.15) is 5.56 Å². The average Bonchev–Trinajstić information content (AvgIpc) is 2.67. The van der Waals surface area contributed by atoms with E-state index in [0.29, 0.717) is 10.7 Å². The average molecular weight is 337 g/mol. The van der Waals surface area contributed by atoms with Gasteiger partial charge in [0.2, 0.25) is 0 Å². The Kier molecular flexibility index (Phi) is 3.07. The van der Waals surface area contributed by atoms with Gasteiger partial charge in [-0.1, -0.05) is 11.6 Å². The van der Waals surface area contributed by atoms with E-state index in [9.17, 15) is 0 Å². The maximum atomic E-state index is 6.20. The number of fused-ring (bicyclic) bond motifs is 1. The molecule has 3 nitrogen and oxygen atoms in total. The van der Waals surface area contributed by atoms with Crippen LogP contribution >= 0.6 is 27.5 Å². The van der Waals surface area contributed by atoms with Crippen molar-refractivity contribution in [3.05, 3.63) is 45.5 Å². The third kappa shape index (κ3) is 2.05. The van der Waals surface area contributed by atoms with Gasteiger partial charge in [0.05, 0.1) is 16.1 Å². The van der Waals surface area contributed by atoms with E-state index in [0.717, 1.165) is 26.9 Å². The topological polar surface area (TPSA) is 30.7 Å². The molecule has 0 aliphatic carbocycles. The minimum Gasteiger partial charge on any atom is -0.325 e. The Balaban J connectivity index is 2.35. The van der Waals surface area contributed by atoms with Crippen LogP contribution in [0.4, 0.5) is 0 Å². The summed E-state index contributed by atoms with van der Waals surface area (Å²) in [7, 11) is 1.97. The monoisotopic (exact) mass is 335 g/mol. The van der Waals surface area contributed by atoms with Crippen LogP contribution in [0, 0.1) is 6.92 Å². The summed E-state index contributed by atoms with van der Waals surface area (Å²) in [5, 5.41) is 0.605. The van der Waals surface area contributed by atoms with E-state index in [1.54, 1.807) is 6.20 Å². The zero-order valence-electron chi connectivity index (χ0n) is 10.5. The fourth-order valence-electron chi connectivity index (χ4n) is 2.19. The molecular formula is C14H11BrClN3. The highest BCUT2D eigenvalue weighted by molar-refractivity contribution is 9.10. The number of pyridine rings is 1. The van der Waals surface area contributed by atoms with Crippen molar-refractivity contribution in [1.29, 1.82) is 0 Å². The highest BCUT2D eigenvalue weighted by Crippen LogP contribution is 2.31. The quantitative estimate of drug-likeness (QED) is 0.661. The van der Waals surface area contributed by atoms with Crippen molar-refractivity contribution in [3.63, 3.8) is 0 Å². The Morgan fingerprint density at radius 3 is 2.84 bits per heavy atom. The third-order valence-electron chi connectivity index (χ3n) is 3.04. The van der Waals surface area contributed by atoms with Crippen molar-refractivity contribution in [2.24, 2.45) is 7.05 Å². The second-order valence-electron chi connectivity index (χ2n) is 4.44. The molecule has 0 bridgehead atoms. The van der Waals surface area contributed by atoms with Crippen molar-refractivity contribution in [1.82, 2.24) is 14.5 Å². The van der Waals surface area contributed by atoms with Crippen LogP contribution in [0.15, 0.2) is 34.9 Å². The molecule has 0 unspecified atom stereocenters. The van der Waals surface area contributed by atoms with Gasteiger partial charge in [-0.05, 0) is 52.7 Å². The fraction of sp³-hybridized carbons (Fsp3) is 0.143. The predicted octanol–water partition coefficient (Wildman–Crippen LogP) is 4.36. The first kappa shape index (κ1) is 12.6. The molecule has 0 spiro atoms. The Bertz CT molecular complexity index is 780. The van der Waals surface area contributed by atoms with Gasteiger partial charge in [0.25, 0.3) is 0 Å². The summed E-state index contributed by atoms with van der Waals surface area (Å²) in [5.74, 6) is 0.770. The predicted molar refractivity (Wildman–Crippen MR) is 81.4 cm³/mol. The molecule has 2 aromatic heterocycles. The SMILES string of the molecule is Cc1cc(Br)c2c(c1)nc(-c1ncccc1Cl)n2C. The van der Waals surface area contributed by atoms with Crippen LogP contribution in [-0.4, -0.2) is 14.5 Å². The van der Waals surface area contributed by atoms with E-state index in [1.165, 1.54) is 0 Å². The van der Waals surface area contributed by atoms with Gasteiger partial charge in [0.15, 0.2) is 5.82 Å². The van der Waals surface area contributed by atoms with Gasteiger partial charge < -0.3 is 4.57 Å². The van der Waals surface area contributed by atoms with Gasteiger partial charge in [-0.25, -0.2) is 4.98 Å². The summed E-state index contributed by atoms with van der Waals surface area (Å²) in [6.45, 7) is 2.05. The first-order valence-electron chi connectivity index (χ1n) is 5.81. The summed E-state index contributed by atoms with van der Waals surface area (Å²) < 4.78 is 3.03. The highest BCUT2D eigenvalue weighted by Gasteiger charge is 2.15. The van der Waals surface area contributed by atoms with Crippen LogP contribution in [0.25, 0.3) is 22.6 Å². The van der Waals surface area contributed by atoms with Crippen molar-refractivity contribution in [2.45, 2.75) is 6.92 Å². The Morgan fingerprint density at radius 2 is 2.11 bits per heavy atom. The van der Waals surface area contributed by atoms with Crippen LogP contribution < -0.4 is 0 Å². The minimum atomic E-state index is 0.605. The number of aromatic nitrogens is 3. The summed E-state index contributed by atoms with van der Waals surface area (Å²) in [5.41, 5.74) is 3.84. The molecule has 19 heavy (non-hydrogen) atoms. The fourth-order valence-corrected chi connectivity index (χ4v) is 3.23. The second kappa shape index (κ2) is 4.62. The van der Waals surface area contributed by atoms with Crippen LogP contribution in [0.2, 0.25) is 5.02 Å². The summed E-state index contributed by atoms with van der Waals surface area (Å²) in [6.07, 6.45) is 1.72. The van der Waals surface area contributed by atoms with Gasteiger partial charge >= 0.3 is 0 Å². The molecule has 3 aromatic rings. The molecule has 0 aliphatic rings. The number of hydrogen-bond donors (Lipinski definition) is 0. The van der Waals surface area contributed by atoms with Crippen molar-refractivity contribution in [3.8, 4) is 11.5 Å². The van der Waals surface area contributed by atoms with Gasteiger partial charge in [0, 0.05) is 17.7 Å². The number of imidazole rings is 1. The molecule has 5 heteroatoms. The number of benzene rings is 1. The number of halogens is 2. The van der Waals surface area contributed by atoms with Crippen LogP contribution in [0.3, 0.4) is 0 Å². The molecule has 0 aliphatic heterocycles. The first-order chi connectivity index (χ1) is 9.08. The minimum absolute atomic E-state index is 0.605. The molecule has 0 atom stereocenters. The lowest BCUT2D eigenvalue weighted by Gasteiger charge is -2.04. The molecule has 3 rings (SSSR count). The molecule has 1 aromatic carbocycles. The third-order valence-corrected chi connectivity index (χ3v) is 3.95. The van der Waals surface area contributed by atoms with E-state index >= 15 is 0 Å². The van der Waals surface area contributed by atoms with Gasteiger partial charge in [-0.2, -0.15) is 0 Å².